The minimum absolute atomic E-state index is 0.218. The number of hydrogen-bond acceptors (Lipinski definition) is 4. The zero-order valence-corrected chi connectivity index (χ0v) is 6.22. The molecule has 0 amide bonds. The molecule has 2 saturated heterocycles. The molecule has 0 aromatic rings. The molecule has 64 valence electrons. The Kier molecular flexibility index (Phi) is 1.64. The van der Waals surface area contributed by atoms with Crippen LogP contribution in [0.4, 0.5) is 0 Å². The summed E-state index contributed by atoms with van der Waals surface area (Å²) in [5.41, 5.74) is 0. The van der Waals surface area contributed by atoms with Gasteiger partial charge in [0.1, 0.15) is 0 Å². The maximum Gasteiger partial charge on any atom is 0.0991 e. The van der Waals surface area contributed by atoms with E-state index >= 15 is 0 Å². The molecule has 0 aromatic carbocycles. The highest BCUT2D eigenvalue weighted by Crippen LogP contribution is 2.28. The monoisotopic (exact) mass is 159 g/mol. The molecule has 2 rings (SSSR count). The summed E-state index contributed by atoms with van der Waals surface area (Å²) in [5, 5.41) is 28.0. The van der Waals surface area contributed by atoms with E-state index in [1.54, 1.807) is 0 Å². The molecule has 0 aliphatic carbocycles. The summed E-state index contributed by atoms with van der Waals surface area (Å²) in [6.45, 7) is 1.29. The Morgan fingerprint density at radius 2 is 1.82 bits per heavy atom. The molecule has 2 aliphatic rings. The first-order valence-electron chi connectivity index (χ1n) is 3.98. The van der Waals surface area contributed by atoms with Gasteiger partial charge in [-0.25, -0.2) is 0 Å². The second-order valence-electron chi connectivity index (χ2n) is 3.40. The van der Waals surface area contributed by atoms with Gasteiger partial charge in [0.05, 0.1) is 24.4 Å². The van der Waals surface area contributed by atoms with Crippen molar-refractivity contribution in [2.75, 3.05) is 13.1 Å². The van der Waals surface area contributed by atoms with E-state index in [-0.39, 0.29) is 6.04 Å². The number of nitrogens with zero attached hydrogens (tertiary/aromatic N) is 1. The SMILES string of the molecule is O[C@H]1[C@@H]2[C@H](O)CCN2C[C@H]1O. The molecule has 4 atom stereocenters. The van der Waals surface area contributed by atoms with Crippen LogP contribution in [-0.4, -0.2) is 57.7 Å². The predicted octanol–water partition coefficient (Wildman–Crippen LogP) is -1.84. The molecule has 0 saturated carbocycles. The van der Waals surface area contributed by atoms with Crippen LogP contribution in [0.5, 0.6) is 0 Å². The van der Waals surface area contributed by atoms with Crippen LogP contribution in [0, 0.1) is 0 Å². The molecule has 2 fully saturated rings. The Hall–Kier alpha value is -0.160. The van der Waals surface area contributed by atoms with Gasteiger partial charge < -0.3 is 15.3 Å². The molecule has 0 radical (unpaired) electrons. The lowest BCUT2D eigenvalue weighted by Gasteiger charge is -2.18. The van der Waals surface area contributed by atoms with Gasteiger partial charge in [-0.05, 0) is 6.42 Å². The molecular weight excluding hydrogens is 146 g/mol. The highest BCUT2D eigenvalue weighted by atomic mass is 16.3. The summed E-state index contributed by atoms with van der Waals surface area (Å²) >= 11 is 0. The minimum atomic E-state index is -0.757. The second-order valence-corrected chi connectivity index (χ2v) is 3.40. The van der Waals surface area contributed by atoms with Crippen LogP contribution in [0.15, 0.2) is 0 Å². The number of aliphatic hydroxyl groups excluding tert-OH is 3. The second kappa shape index (κ2) is 2.42. The van der Waals surface area contributed by atoms with Crippen LogP contribution in [0.25, 0.3) is 0 Å². The van der Waals surface area contributed by atoms with E-state index in [1.165, 1.54) is 0 Å². The van der Waals surface area contributed by atoms with Crippen LogP contribution < -0.4 is 0 Å². The first-order chi connectivity index (χ1) is 5.20. The Morgan fingerprint density at radius 3 is 2.45 bits per heavy atom. The Morgan fingerprint density at radius 1 is 1.09 bits per heavy atom. The fraction of sp³-hybridized carbons (Fsp3) is 1.00. The van der Waals surface area contributed by atoms with Crippen LogP contribution in [0.2, 0.25) is 0 Å². The van der Waals surface area contributed by atoms with Gasteiger partial charge in [-0.3, -0.25) is 4.90 Å². The third-order valence-electron chi connectivity index (χ3n) is 2.69. The summed E-state index contributed by atoms with van der Waals surface area (Å²) in [6.07, 6.45) is -1.17. The van der Waals surface area contributed by atoms with Gasteiger partial charge in [-0.1, -0.05) is 0 Å². The van der Waals surface area contributed by atoms with E-state index in [0.717, 1.165) is 6.54 Å². The number of fused-ring (bicyclic) bond motifs is 1. The molecular formula is C7H13NO3. The fourth-order valence-corrected chi connectivity index (χ4v) is 2.09. The molecule has 2 heterocycles. The average molecular weight is 159 g/mol. The summed E-state index contributed by atoms with van der Waals surface area (Å²) < 4.78 is 0. The van der Waals surface area contributed by atoms with E-state index in [1.807, 2.05) is 4.90 Å². The molecule has 0 spiro atoms. The quantitative estimate of drug-likeness (QED) is 0.388. The van der Waals surface area contributed by atoms with Crippen molar-refractivity contribution < 1.29 is 15.3 Å². The van der Waals surface area contributed by atoms with Crippen molar-refractivity contribution in [1.29, 1.82) is 0 Å². The highest BCUT2D eigenvalue weighted by molar-refractivity contribution is 5.01. The molecule has 2 aliphatic heterocycles. The van der Waals surface area contributed by atoms with Crippen LogP contribution >= 0.6 is 0 Å². The zero-order chi connectivity index (χ0) is 8.01. The van der Waals surface area contributed by atoms with Gasteiger partial charge in [0.2, 0.25) is 0 Å². The van der Waals surface area contributed by atoms with Crippen molar-refractivity contribution in [3.8, 4) is 0 Å². The van der Waals surface area contributed by atoms with Gasteiger partial charge in [0, 0.05) is 13.1 Å². The topological polar surface area (TPSA) is 63.9 Å². The lowest BCUT2D eigenvalue weighted by Crippen LogP contribution is -2.38. The van der Waals surface area contributed by atoms with Gasteiger partial charge in [-0.2, -0.15) is 0 Å². The minimum Gasteiger partial charge on any atom is -0.391 e. The van der Waals surface area contributed by atoms with Crippen LogP contribution in [0.3, 0.4) is 0 Å². The van der Waals surface area contributed by atoms with Crippen molar-refractivity contribution in [3.05, 3.63) is 0 Å². The van der Waals surface area contributed by atoms with Crippen molar-refractivity contribution in [2.45, 2.75) is 30.8 Å². The van der Waals surface area contributed by atoms with Crippen molar-refractivity contribution >= 4 is 0 Å². The van der Waals surface area contributed by atoms with Gasteiger partial charge >= 0.3 is 0 Å². The predicted molar refractivity (Wildman–Crippen MR) is 38.0 cm³/mol. The third-order valence-corrected chi connectivity index (χ3v) is 2.69. The summed E-state index contributed by atoms with van der Waals surface area (Å²) in [5.74, 6) is 0. The molecule has 4 heteroatoms. The maximum atomic E-state index is 9.39. The lowest BCUT2D eigenvalue weighted by molar-refractivity contribution is 0.00792. The Balaban J connectivity index is 2.13. The van der Waals surface area contributed by atoms with Gasteiger partial charge in [0.25, 0.3) is 0 Å². The average Bonchev–Trinajstić information content (AvgIpc) is 2.41. The number of aliphatic hydroxyl groups is 3. The first-order valence-corrected chi connectivity index (χ1v) is 3.98. The van der Waals surface area contributed by atoms with Crippen molar-refractivity contribution in [1.82, 2.24) is 4.90 Å². The Bertz CT molecular complexity index is 162. The van der Waals surface area contributed by atoms with E-state index in [9.17, 15) is 15.3 Å². The highest BCUT2D eigenvalue weighted by Gasteiger charge is 2.47. The molecule has 11 heavy (non-hydrogen) atoms. The summed E-state index contributed by atoms with van der Waals surface area (Å²) in [4.78, 5) is 1.94. The number of hydrogen-bond donors (Lipinski definition) is 3. The van der Waals surface area contributed by atoms with E-state index in [0.29, 0.717) is 13.0 Å². The molecule has 0 aromatic heterocycles. The zero-order valence-electron chi connectivity index (χ0n) is 6.22. The van der Waals surface area contributed by atoms with Crippen molar-refractivity contribution in [2.24, 2.45) is 0 Å². The smallest absolute Gasteiger partial charge is 0.0991 e. The van der Waals surface area contributed by atoms with Crippen molar-refractivity contribution in [3.63, 3.8) is 0 Å². The Labute approximate surface area is 65.1 Å². The van der Waals surface area contributed by atoms with E-state index in [2.05, 4.69) is 0 Å². The molecule has 4 nitrogen and oxygen atoms in total. The molecule has 0 unspecified atom stereocenters. The lowest BCUT2D eigenvalue weighted by atomic mass is 10.1. The fourth-order valence-electron chi connectivity index (χ4n) is 2.09. The van der Waals surface area contributed by atoms with Gasteiger partial charge in [-0.15, -0.1) is 0 Å². The largest absolute Gasteiger partial charge is 0.391 e. The first kappa shape index (κ1) is 7.49. The molecule has 0 bridgehead atoms. The van der Waals surface area contributed by atoms with E-state index in [4.69, 9.17) is 0 Å². The van der Waals surface area contributed by atoms with E-state index < -0.39 is 18.3 Å². The summed E-state index contributed by atoms with van der Waals surface area (Å²) in [7, 11) is 0. The molecule has 3 N–H and O–H groups in total. The third kappa shape index (κ3) is 0.980. The number of rotatable bonds is 0. The van der Waals surface area contributed by atoms with Gasteiger partial charge in [0.15, 0.2) is 0 Å². The summed E-state index contributed by atoms with van der Waals surface area (Å²) in [6, 6.07) is -0.218. The normalized spacial score (nSPS) is 51.5. The standard InChI is InChI=1S/C7H13NO3/c9-4-1-2-8-3-5(10)7(11)6(4)8/h4-7,9-11H,1-3H2/t4-,5-,6+,7-/m1/s1. The van der Waals surface area contributed by atoms with Crippen LogP contribution in [0.1, 0.15) is 6.42 Å². The van der Waals surface area contributed by atoms with Crippen LogP contribution in [-0.2, 0) is 0 Å². The maximum absolute atomic E-state index is 9.39.